The lowest BCUT2D eigenvalue weighted by Gasteiger charge is -2.14. The molecule has 1 radical (unpaired) electrons. The van der Waals surface area contributed by atoms with E-state index in [0.29, 0.717) is 5.56 Å². The molecule has 14 heavy (non-hydrogen) atoms. The Labute approximate surface area is 80.5 Å². The zero-order valence-electron chi connectivity index (χ0n) is 7.64. The van der Waals surface area contributed by atoms with Gasteiger partial charge in [0.25, 0.3) is 0 Å². The van der Waals surface area contributed by atoms with E-state index in [1.165, 1.54) is 12.1 Å². The number of hydrogen-bond acceptors (Lipinski definition) is 1. The second kappa shape index (κ2) is 3.90. The number of ether oxygens (including phenoxy) is 1. The fourth-order valence-corrected chi connectivity index (χ4v) is 1.11. The third-order valence-electron chi connectivity index (χ3n) is 1.68. The Balaban J connectivity index is 2.96. The zero-order chi connectivity index (χ0) is 10.8. The van der Waals surface area contributed by atoms with Crippen molar-refractivity contribution in [2.45, 2.75) is 19.2 Å². The number of rotatable bonds is 2. The van der Waals surface area contributed by atoms with Crippen molar-refractivity contribution >= 4 is 0 Å². The van der Waals surface area contributed by atoms with Crippen molar-refractivity contribution in [3.05, 3.63) is 36.8 Å². The summed E-state index contributed by atoms with van der Waals surface area (Å²) in [6.07, 6.45) is -4.65. The Kier molecular flexibility index (Phi) is 3.03. The van der Waals surface area contributed by atoms with Crippen LogP contribution in [0.4, 0.5) is 13.2 Å². The molecule has 0 aromatic heterocycles. The largest absolute Gasteiger partial charge is 0.573 e. The van der Waals surface area contributed by atoms with Crippen molar-refractivity contribution in [2.24, 2.45) is 0 Å². The number of hydrogen-bond donors (Lipinski definition) is 0. The molecule has 1 rings (SSSR count). The topological polar surface area (TPSA) is 9.23 Å². The first kappa shape index (κ1) is 10.9. The molecule has 0 amide bonds. The standard InChI is InChI=1S/C10H10F3O/c1-7(2)8-5-3-4-6-9(8)14-10(11,12)13/h3-7H,1H2,2H3. The Morgan fingerprint density at radius 1 is 1.29 bits per heavy atom. The quantitative estimate of drug-likeness (QED) is 0.714. The van der Waals surface area contributed by atoms with Crippen LogP contribution >= 0.6 is 0 Å². The number of para-hydroxylation sites is 1. The zero-order valence-corrected chi connectivity index (χ0v) is 7.64. The first-order valence-corrected chi connectivity index (χ1v) is 4.08. The fraction of sp³-hybridized carbons (Fsp3) is 0.300. The average molecular weight is 203 g/mol. The molecule has 0 saturated heterocycles. The van der Waals surface area contributed by atoms with Gasteiger partial charge >= 0.3 is 6.36 Å². The maximum Gasteiger partial charge on any atom is 0.573 e. The smallest absolute Gasteiger partial charge is 0.405 e. The van der Waals surface area contributed by atoms with E-state index >= 15 is 0 Å². The van der Waals surface area contributed by atoms with Gasteiger partial charge in [0.1, 0.15) is 5.75 Å². The first-order chi connectivity index (χ1) is 6.40. The molecule has 0 N–H and O–H groups in total. The second-order valence-electron chi connectivity index (χ2n) is 2.99. The van der Waals surface area contributed by atoms with Crippen LogP contribution in [0, 0.1) is 6.92 Å². The van der Waals surface area contributed by atoms with Crippen molar-refractivity contribution in [1.82, 2.24) is 0 Å². The molecule has 0 bridgehead atoms. The molecule has 0 aliphatic heterocycles. The predicted molar refractivity (Wildman–Crippen MR) is 46.9 cm³/mol. The lowest BCUT2D eigenvalue weighted by molar-refractivity contribution is -0.274. The van der Waals surface area contributed by atoms with Gasteiger partial charge in [-0.05, 0) is 24.5 Å². The molecule has 1 nitrogen and oxygen atoms in total. The van der Waals surface area contributed by atoms with Crippen molar-refractivity contribution in [2.75, 3.05) is 0 Å². The number of halogens is 3. The summed E-state index contributed by atoms with van der Waals surface area (Å²) < 4.78 is 39.7. The molecular weight excluding hydrogens is 193 g/mol. The summed E-state index contributed by atoms with van der Waals surface area (Å²) >= 11 is 0. The summed E-state index contributed by atoms with van der Waals surface area (Å²) in [6, 6.07) is 6.00. The maximum absolute atomic E-state index is 11.9. The Morgan fingerprint density at radius 2 is 1.86 bits per heavy atom. The van der Waals surface area contributed by atoms with Gasteiger partial charge in [-0.15, -0.1) is 13.2 Å². The summed E-state index contributed by atoms with van der Waals surface area (Å²) in [6.45, 7) is 5.36. The molecule has 4 heteroatoms. The van der Waals surface area contributed by atoms with Gasteiger partial charge in [0.15, 0.2) is 0 Å². The molecule has 0 saturated carbocycles. The van der Waals surface area contributed by atoms with Crippen LogP contribution in [0.1, 0.15) is 18.4 Å². The molecule has 77 valence electrons. The van der Waals surface area contributed by atoms with E-state index < -0.39 is 6.36 Å². The fourth-order valence-electron chi connectivity index (χ4n) is 1.11. The van der Waals surface area contributed by atoms with Crippen LogP contribution in [0.2, 0.25) is 0 Å². The minimum absolute atomic E-state index is 0.178. The van der Waals surface area contributed by atoms with E-state index in [9.17, 15) is 13.2 Å². The Hall–Kier alpha value is -1.19. The van der Waals surface area contributed by atoms with E-state index in [2.05, 4.69) is 11.7 Å². The highest BCUT2D eigenvalue weighted by atomic mass is 19.4. The third-order valence-corrected chi connectivity index (χ3v) is 1.68. The molecule has 1 aromatic rings. The van der Waals surface area contributed by atoms with E-state index in [1.807, 2.05) is 0 Å². The Morgan fingerprint density at radius 3 is 2.36 bits per heavy atom. The SMILES string of the molecule is [CH2]C(C)c1ccccc1OC(F)(F)F. The van der Waals surface area contributed by atoms with Crippen molar-refractivity contribution in [1.29, 1.82) is 0 Å². The van der Waals surface area contributed by atoms with Gasteiger partial charge in [0, 0.05) is 0 Å². The molecule has 0 spiro atoms. The average Bonchev–Trinajstić information content (AvgIpc) is 2.01. The molecule has 0 aliphatic rings. The highest BCUT2D eigenvalue weighted by Gasteiger charge is 2.32. The minimum Gasteiger partial charge on any atom is -0.405 e. The Bertz CT molecular complexity index is 304. The van der Waals surface area contributed by atoms with Crippen LogP contribution in [0.25, 0.3) is 0 Å². The summed E-state index contributed by atoms with van der Waals surface area (Å²) in [5, 5.41) is 0. The van der Waals surface area contributed by atoms with Gasteiger partial charge in [0.2, 0.25) is 0 Å². The summed E-state index contributed by atoms with van der Waals surface area (Å²) in [5.74, 6) is -0.420. The van der Waals surface area contributed by atoms with Gasteiger partial charge in [-0.25, -0.2) is 0 Å². The van der Waals surface area contributed by atoms with Gasteiger partial charge in [-0.3, -0.25) is 0 Å². The minimum atomic E-state index is -4.65. The van der Waals surface area contributed by atoms with Gasteiger partial charge < -0.3 is 4.74 Å². The molecule has 0 aliphatic carbocycles. The van der Waals surface area contributed by atoms with E-state index in [4.69, 9.17) is 0 Å². The van der Waals surface area contributed by atoms with Crippen LogP contribution in [0.3, 0.4) is 0 Å². The predicted octanol–water partition coefficient (Wildman–Crippen LogP) is 3.52. The van der Waals surface area contributed by atoms with Crippen molar-refractivity contribution in [3.63, 3.8) is 0 Å². The summed E-state index contributed by atoms with van der Waals surface area (Å²) in [5.41, 5.74) is 0.449. The second-order valence-corrected chi connectivity index (χ2v) is 2.99. The summed E-state index contributed by atoms with van der Waals surface area (Å²) in [7, 11) is 0. The normalized spacial score (nSPS) is 11.9. The van der Waals surface area contributed by atoms with Crippen LogP contribution in [-0.2, 0) is 0 Å². The van der Waals surface area contributed by atoms with E-state index in [-0.39, 0.29) is 11.7 Å². The van der Waals surface area contributed by atoms with Crippen molar-refractivity contribution in [3.8, 4) is 5.75 Å². The first-order valence-electron chi connectivity index (χ1n) is 4.08. The monoisotopic (exact) mass is 203 g/mol. The number of benzene rings is 1. The highest BCUT2D eigenvalue weighted by molar-refractivity contribution is 5.36. The van der Waals surface area contributed by atoms with Crippen LogP contribution in [0.15, 0.2) is 24.3 Å². The van der Waals surface area contributed by atoms with Gasteiger partial charge in [-0.2, -0.15) is 0 Å². The van der Waals surface area contributed by atoms with Crippen molar-refractivity contribution < 1.29 is 17.9 Å². The molecule has 1 aromatic carbocycles. The summed E-state index contributed by atoms with van der Waals surface area (Å²) in [4.78, 5) is 0. The molecule has 0 heterocycles. The molecular formula is C10H10F3O. The molecule has 1 unspecified atom stereocenters. The van der Waals surface area contributed by atoms with Gasteiger partial charge in [0.05, 0.1) is 0 Å². The lowest BCUT2D eigenvalue weighted by atomic mass is 10.0. The molecule has 1 atom stereocenters. The highest BCUT2D eigenvalue weighted by Crippen LogP contribution is 2.30. The number of alkyl halides is 3. The van der Waals surface area contributed by atoms with Crippen LogP contribution in [0.5, 0.6) is 5.75 Å². The maximum atomic E-state index is 11.9. The van der Waals surface area contributed by atoms with Crippen LogP contribution < -0.4 is 4.74 Å². The van der Waals surface area contributed by atoms with E-state index in [0.717, 1.165) is 0 Å². The van der Waals surface area contributed by atoms with Gasteiger partial charge in [-0.1, -0.05) is 25.1 Å². The third kappa shape index (κ3) is 2.94. The lowest BCUT2D eigenvalue weighted by Crippen LogP contribution is -2.18. The molecule has 0 fully saturated rings. The van der Waals surface area contributed by atoms with Crippen LogP contribution in [-0.4, -0.2) is 6.36 Å². The van der Waals surface area contributed by atoms with E-state index in [1.54, 1.807) is 19.1 Å².